The Labute approximate surface area is 151 Å². The summed E-state index contributed by atoms with van der Waals surface area (Å²) in [6.45, 7) is 8.97. The SMILES string of the molecule is Cc1ccsc1C=NNC(=O)c1csc2c1CC[C@@H](C(C)(C)C)C2. The highest BCUT2D eigenvalue weighted by molar-refractivity contribution is 7.12. The lowest BCUT2D eigenvalue weighted by atomic mass is 9.72. The predicted molar refractivity (Wildman–Crippen MR) is 103 cm³/mol. The van der Waals surface area contributed by atoms with Gasteiger partial charge in [0.05, 0.1) is 11.8 Å². The van der Waals surface area contributed by atoms with Crippen molar-refractivity contribution < 1.29 is 4.79 Å². The topological polar surface area (TPSA) is 41.5 Å². The number of hydrogen-bond donors (Lipinski definition) is 1. The van der Waals surface area contributed by atoms with E-state index < -0.39 is 0 Å². The number of nitrogens with zero attached hydrogens (tertiary/aromatic N) is 1. The Hall–Kier alpha value is -1.46. The Morgan fingerprint density at radius 1 is 1.38 bits per heavy atom. The molecule has 1 N–H and O–H groups in total. The van der Waals surface area contributed by atoms with E-state index in [0.29, 0.717) is 11.3 Å². The van der Waals surface area contributed by atoms with E-state index in [1.54, 1.807) is 28.9 Å². The van der Waals surface area contributed by atoms with Crippen molar-refractivity contribution in [2.24, 2.45) is 16.4 Å². The van der Waals surface area contributed by atoms with Crippen LogP contribution in [-0.4, -0.2) is 12.1 Å². The van der Waals surface area contributed by atoms with Gasteiger partial charge in [-0.15, -0.1) is 22.7 Å². The number of carbonyl (C=O) groups is 1. The molecular formula is C19H24N2OS2. The van der Waals surface area contributed by atoms with Gasteiger partial charge in [-0.2, -0.15) is 5.10 Å². The number of rotatable bonds is 3. The van der Waals surface area contributed by atoms with Crippen molar-refractivity contribution in [3.8, 4) is 0 Å². The molecule has 1 aliphatic rings. The van der Waals surface area contributed by atoms with Gasteiger partial charge in [-0.1, -0.05) is 20.8 Å². The lowest BCUT2D eigenvalue weighted by Crippen LogP contribution is -2.27. The average molecular weight is 361 g/mol. The number of hydrazone groups is 1. The fraction of sp³-hybridized carbons (Fsp3) is 0.474. The Morgan fingerprint density at radius 2 is 2.17 bits per heavy atom. The van der Waals surface area contributed by atoms with Crippen LogP contribution < -0.4 is 5.43 Å². The van der Waals surface area contributed by atoms with Gasteiger partial charge in [-0.25, -0.2) is 5.43 Å². The van der Waals surface area contributed by atoms with Crippen LogP contribution in [0.4, 0.5) is 0 Å². The molecule has 2 heterocycles. The van der Waals surface area contributed by atoms with Crippen molar-refractivity contribution in [1.82, 2.24) is 5.43 Å². The fourth-order valence-corrected chi connectivity index (χ4v) is 5.12. The number of amides is 1. The molecular weight excluding hydrogens is 336 g/mol. The third-order valence-corrected chi connectivity index (χ3v) is 6.88. The first kappa shape index (κ1) is 17.4. The summed E-state index contributed by atoms with van der Waals surface area (Å²) >= 11 is 3.35. The zero-order valence-electron chi connectivity index (χ0n) is 14.7. The Bertz CT molecular complexity index is 765. The number of thiophene rings is 2. The molecule has 1 amide bonds. The zero-order valence-corrected chi connectivity index (χ0v) is 16.3. The van der Waals surface area contributed by atoms with Crippen LogP contribution in [0.5, 0.6) is 0 Å². The Balaban J connectivity index is 1.68. The molecule has 24 heavy (non-hydrogen) atoms. The third-order valence-electron chi connectivity index (χ3n) is 4.87. The molecule has 0 saturated heterocycles. The van der Waals surface area contributed by atoms with Crippen LogP contribution in [0, 0.1) is 18.3 Å². The van der Waals surface area contributed by atoms with E-state index in [1.165, 1.54) is 16.0 Å². The molecule has 0 aromatic carbocycles. The van der Waals surface area contributed by atoms with E-state index in [9.17, 15) is 4.79 Å². The van der Waals surface area contributed by atoms with Crippen LogP contribution in [0.1, 0.15) is 58.4 Å². The summed E-state index contributed by atoms with van der Waals surface area (Å²) in [6.07, 6.45) is 4.98. The maximum atomic E-state index is 12.5. The molecule has 3 nitrogen and oxygen atoms in total. The second-order valence-corrected chi connectivity index (χ2v) is 9.44. The number of carbonyl (C=O) groups excluding carboxylic acids is 1. The van der Waals surface area contributed by atoms with Crippen molar-refractivity contribution >= 4 is 34.8 Å². The standard InChI is InChI=1S/C19H24N2OS2/c1-12-7-8-23-17(12)10-20-21-18(22)15-11-24-16-9-13(19(2,3)4)5-6-14(15)16/h7-8,10-11,13H,5-6,9H2,1-4H3,(H,21,22)/t13-/m1/s1. The summed E-state index contributed by atoms with van der Waals surface area (Å²) in [4.78, 5) is 14.9. The maximum absolute atomic E-state index is 12.5. The lowest BCUT2D eigenvalue weighted by Gasteiger charge is -2.33. The number of nitrogens with one attached hydrogen (secondary N) is 1. The van der Waals surface area contributed by atoms with Crippen LogP contribution >= 0.6 is 22.7 Å². The van der Waals surface area contributed by atoms with E-state index >= 15 is 0 Å². The highest BCUT2D eigenvalue weighted by Gasteiger charge is 2.31. The van der Waals surface area contributed by atoms with Crippen LogP contribution in [0.25, 0.3) is 0 Å². The van der Waals surface area contributed by atoms with Crippen molar-refractivity contribution in [2.75, 3.05) is 0 Å². The first-order chi connectivity index (χ1) is 11.4. The molecule has 0 saturated carbocycles. The highest BCUT2D eigenvalue weighted by Crippen LogP contribution is 2.40. The monoisotopic (exact) mass is 360 g/mol. The summed E-state index contributed by atoms with van der Waals surface area (Å²) in [5.41, 5.74) is 6.24. The highest BCUT2D eigenvalue weighted by atomic mass is 32.1. The lowest BCUT2D eigenvalue weighted by molar-refractivity contribution is 0.0954. The molecule has 3 rings (SSSR count). The second-order valence-electron chi connectivity index (χ2n) is 7.52. The van der Waals surface area contributed by atoms with Crippen LogP contribution in [0.2, 0.25) is 0 Å². The molecule has 0 spiro atoms. The van der Waals surface area contributed by atoms with E-state index in [0.717, 1.165) is 29.7 Å². The van der Waals surface area contributed by atoms with Crippen molar-refractivity contribution in [3.63, 3.8) is 0 Å². The smallest absolute Gasteiger partial charge is 0.267 e. The zero-order chi connectivity index (χ0) is 17.3. The van der Waals surface area contributed by atoms with E-state index in [1.807, 2.05) is 17.7 Å². The summed E-state index contributed by atoms with van der Waals surface area (Å²) in [5, 5.41) is 8.15. The largest absolute Gasteiger partial charge is 0.272 e. The number of hydrogen-bond acceptors (Lipinski definition) is 4. The van der Waals surface area contributed by atoms with Gasteiger partial charge in [0, 0.05) is 15.1 Å². The van der Waals surface area contributed by atoms with Crippen LogP contribution in [0.15, 0.2) is 21.9 Å². The summed E-state index contributed by atoms with van der Waals surface area (Å²) in [5.74, 6) is 0.603. The molecule has 0 fully saturated rings. The van der Waals surface area contributed by atoms with Crippen LogP contribution in [-0.2, 0) is 12.8 Å². The van der Waals surface area contributed by atoms with Gasteiger partial charge in [0.1, 0.15) is 0 Å². The third kappa shape index (κ3) is 3.62. The van der Waals surface area contributed by atoms with Gasteiger partial charge in [0.2, 0.25) is 0 Å². The minimum Gasteiger partial charge on any atom is -0.267 e. The molecule has 2 aromatic rings. The van der Waals surface area contributed by atoms with E-state index in [-0.39, 0.29) is 5.91 Å². The Kier molecular flexibility index (Phi) is 4.92. The van der Waals surface area contributed by atoms with Crippen molar-refractivity contribution in [2.45, 2.75) is 47.0 Å². The normalized spacial score (nSPS) is 17.9. The summed E-state index contributed by atoms with van der Waals surface area (Å²) in [6, 6.07) is 2.05. The first-order valence-electron chi connectivity index (χ1n) is 8.33. The van der Waals surface area contributed by atoms with Crippen molar-refractivity contribution in [3.05, 3.63) is 43.3 Å². The van der Waals surface area contributed by atoms with Crippen molar-refractivity contribution in [1.29, 1.82) is 0 Å². The Morgan fingerprint density at radius 3 is 2.83 bits per heavy atom. The fourth-order valence-electron chi connectivity index (χ4n) is 3.17. The molecule has 0 unspecified atom stereocenters. The first-order valence-corrected chi connectivity index (χ1v) is 10.1. The predicted octanol–water partition coefficient (Wildman–Crippen LogP) is 5.03. The van der Waals surface area contributed by atoms with Crippen LogP contribution in [0.3, 0.4) is 0 Å². The van der Waals surface area contributed by atoms with E-state index in [2.05, 4.69) is 37.4 Å². The van der Waals surface area contributed by atoms with Gasteiger partial charge in [-0.3, -0.25) is 4.79 Å². The number of fused-ring (bicyclic) bond motifs is 1. The molecule has 128 valence electrons. The summed E-state index contributed by atoms with van der Waals surface area (Å²) in [7, 11) is 0. The molecule has 0 aliphatic heterocycles. The molecule has 1 atom stereocenters. The number of aryl methyl sites for hydroxylation is 1. The minimum atomic E-state index is -0.0906. The molecule has 1 aliphatic carbocycles. The minimum absolute atomic E-state index is 0.0906. The van der Waals surface area contributed by atoms with E-state index in [4.69, 9.17) is 0 Å². The molecule has 0 bridgehead atoms. The summed E-state index contributed by atoms with van der Waals surface area (Å²) < 4.78 is 0. The van der Waals surface area contributed by atoms with Gasteiger partial charge in [0.15, 0.2) is 0 Å². The molecule has 2 aromatic heterocycles. The maximum Gasteiger partial charge on any atom is 0.272 e. The molecule has 5 heteroatoms. The average Bonchev–Trinajstić information content (AvgIpc) is 3.12. The second kappa shape index (κ2) is 6.81. The van der Waals surface area contributed by atoms with Gasteiger partial charge in [-0.05, 0) is 60.1 Å². The van der Waals surface area contributed by atoms with Gasteiger partial charge >= 0.3 is 0 Å². The van der Waals surface area contributed by atoms with Gasteiger partial charge in [0.25, 0.3) is 5.91 Å². The van der Waals surface area contributed by atoms with Gasteiger partial charge < -0.3 is 0 Å². The quantitative estimate of drug-likeness (QED) is 0.605. The molecule has 0 radical (unpaired) electrons.